The molecule has 0 unspecified atom stereocenters. The summed E-state index contributed by atoms with van der Waals surface area (Å²) in [5, 5.41) is 0.354. The van der Waals surface area contributed by atoms with Crippen molar-refractivity contribution in [2.24, 2.45) is 0 Å². The zero-order chi connectivity index (χ0) is 15.1. The summed E-state index contributed by atoms with van der Waals surface area (Å²) in [7, 11) is 1.29. The Morgan fingerprint density at radius 1 is 1.30 bits per heavy atom. The molecule has 20 heavy (non-hydrogen) atoms. The van der Waals surface area contributed by atoms with Gasteiger partial charge in [-0.2, -0.15) is 0 Å². The molecule has 110 valence electrons. The summed E-state index contributed by atoms with van der Waals surface area (Å²) in [5.41, 5.74) is 0. The van der Waals surface area contributed by atoms with E-state index in [1.54, 1.807) is 0 Å². The second-order valence-electron chi connectivity index (χ2n) is 3.61. The number of carbonyl (C=O) groups is 4. The fourth-order valence-electron chi connectivity index (χ4n) is 1.33. The summed E-state index contributed by atoms with van der Waals surface area (Å²) < 4.78 is 14.0. The summed E-state index contributed by atoms with van der Waals surface area (Å²) in [5.74, 6) is -1.05. The van der Waals surface area contributed by atoms with E-state index in [0.717, 1.165) is 0 Å². The maximum atomic E-state index is 11.3. The molecule has 1 fully saturated rings. The second kappa shape index (κ2) is 7.12. The van der Waals surface area contributed by atoms with E-state index < -0.39 is 18.0 Å². The molecule has 0 aromatic heterocycles. The van der Waals surface area contributed by atoms with Crippen molar-refractivity contribution in [3.63, 3.8) is 0 Å². The average Bonchev–Trinajstić information content (AvgIpc) is 2.71. The van der Waals surface area contributed by atoms with Crippen molar-refractivity contribution in [1.82, 2.24) is 5.06 Å². The van der Waals surface area contributed by atoms with Crippen LogP contribution in [0.5, 0.6) is 0 Å². The molecule has 0 radical (unpaired) electrons. The van der Waals surface area contributed by atoms with Crippen molar-refractivity contribution in [3.8, 4) is 0 Å². The molecule has 1 aliphatic heterocycles. The minimum Gasteiger partial charge on any atom is -0.494 e. The monoisotopic (exact) mass is 287 g/mol. The van der Waals surface area contributed by atoms with Crippen LogP contribution >= 0.6 is 0 Å². The second-order valence-corrected chi connectivity index (χ2v) is 3.61. The summed E-state index contributed by atoms with van der Waals surface area (Å²) >= 11 is 0. The van der Waals surface area contributed by atoms with Crippen LogP contribution in [0.15, 0.2) is 11.5 Å². The molecular formula is C11H13NO8. The highest BCUT2D eigenvalue weighted by Gasteiger charge is 2.33. The van der Waals surface area contributed by atoms with Gasteiger partial charge in [0.25, 0.3) is 18.3 Å². The maximum Gasteiger partial charge on any atom is 0.534 e. The number of allylic oxidation sites excluding steroid dienone is 1. The van der Waals surface area contributed by atoms with E-state index in [0.29, 0.717) is 5.06 Å². The molecule has 1 rings (SSSR count). The van der Waals surface area contributed by atoms with Gasteiger partial charge in [-0.05, 0) is 6.92 Å². The van der Waals surface area contributed by atoms with Gasteiger partial charge in [0.1, 0.15) is 5.76 Å². The molecule has 1 aliphatic rings. The number of hydrogen-bond donors (Lipinski definition) is 0. The van der Waals surface area contributed by atoms with E-state index in [4.69, 9.17) is 4.74 Å². The van der Waals surface area contributed by atoms with Crippen molar-refractivity contribution in [2.45, 2.75) is 19.8 Å². The number of methoxy groups -OCH3 is 1. The molecular weight excluding hydrogens is 274 g/mol. The Morgan fingerprint density at radius 3 is 2.40 bits per heavy atom. The summed E-state index contributed by atoms with van der Waals surface area (Å²) in [4.78, 5) is 48.3. The van der Waals surface area contributed by atoms with Gasteiger partial charge >= 0.3 is 6.16 Å². The molecule has 2 amide bonds. The Labute approximate surface area is 114 Å². The zero-order valence-corrected chi connectivity index (χ0v) is 10.9. The van der Waals surface area contributed by atoms with Gasteiger partial charge in [0.2, 0.25) is 0 Å². The van der Waals surface area contributed by atoms with Crippen LogP contribution < -0.4 is 0 Å². The lowest BCUT2D eigenvalue weighted by molar-refractivity contribution is -0.177. The third-order valence-electron chi connectivity index (χ3n) is 2.36. The Balaban J connectivity index is 2.50. The largest absolute Gasteiger partial charge is 0.534 e. The lowest BCUT2D eigenvalue weighted by Crippen LogP contribution is -2.32. The van der Waals surface area contributed by atoms with Crippen molar-refractivity contribution in [1.29, 1.82) is 0 Å². The molecule has 1 saturated heterocycles. The average molecular weight is 287 g/mol. The molecule has 9 nitrogen and oxygen atoms in total. The van der Waals surface area contributed by atoms with Crippen LogP contribution in [0.1, 0.15) is 19.8 Å². The molecule has 0 N–H and O–H groups in total. The lowest BCUT2D eigenvalue weighted by Gasteiger charge is -2.13. The van der Waals surface area contributed by atoms with Crippen LogP contribution in [0.3, 0.4) is 0 Å². The third kappa shape index (κ3) is 3.97. The van der Waals surface area contributed by atoms with Gasteiger partial charge in [-0.1, -0.05) is 5.06 Å². The first kappa shape index (κ1) is 15.5. The topological polar surface area (TPSA) is 108 Å². The highest BCUT2D eigenvalue weighted by Crippen LogP contribution is 2.13. The standard InChI is InChI=1S/C11H13NO8/c1-7(19-6-13)8(17-2)5-18-11(16)20-12-9(14)3-4-10(12)15/h6H,3-5H2,1-2H3/b8-7-. The first-order chi connectivity index (χ1) is 9.49. The summed E-state index contributed by atoms with van der Waals surface area (Å²) in [6, 6.07) is 0. The van der Waals surface area contributed by atoms with Crippen molar-refractivity contribution < 1.29 is 38.2 Å². The highest BCUT2D eigenvalue weighted by atomic mass is 16.8. The first-order valence-electron chi connectivity index (χ1n) is 5.54. The number of carbonyl (C=O) groups excluding carboxylic acids is 4. The Morgan fingerprint density at radius 2 is 1.90 bits per heavy atom. The SMILES string of the molecule is CO/C(COC(=O)ON1C(=O)CCC1=O)=C(/C)OC=O. The Kier molecular flexibility index (Phi) is 5.51. The van der Waals surface area contributed by atoms with Gasteiger partial charge in [-0.25, -0.2) is 4.79 Å². The smallest absolute Gasteiger partial charge is 0.494 e. The van der Waals surface area contributed by atoms with Crippen LogP contribution in [0.25, 0.3) is 0 Å². The van der Waals surface area contributed by atoms with E-state index in [2.05, 4.69) is 14.3 Å². The number of nitrogens with zero attached hydrogens (tertiary/aromatic N) is 1. The van der Waals surface area contributed by atoms with Gasteiger partial charge in [-0.3, -0.25) is 19.2 Å². The van der Waals surface area contributed by atoms with Crippen LogP contribution in [-0.2, 0) is 33.4 Å². The summed E-state index contributed by atoms with van der Waals surface area (Å²) in [6.45, 7) is 1.23. The zero-order valence-electron chi connectivity index (χ0n) is 10.9. The van der Waals surface area contributed by atoms with Crippen LogP contribution in [-0.4, -0.2) is 43.2 Å². The molecule has 9 heteroatoms. The fourth-order valence-corrected chi connectivity index (χ4v) is 1.33. The minimum atomic E-state index is -1.25. The number of hydroxylamine groups is 2. The summed E-state index contributed by atoms with van der Waals surface area (Å²) in [6.07, 6.45) is -1.27. The lowest BCUT2D eigenvalue weighted by atomic mass is 10.4. The minimum absolute atomic E-state index is 0.0123. The maximum absolute atomic E-state index is 11.3. The fraction of sp³-hybridized carbons (Fsp3) is 0.455. The van der Waals surface area contributed by atoms with E-state index in [1.807, 2.05) is 0 Å². The van der Waals surface area contributed by atoms with Gasteiger partial charge in [0, 0.05) is 12.8 Å². The van der Waals surface area contributed by atoms with E-state index in [1.165, 1.54) is 14.0 Å². The van der Waals surface area contributed by atoms with E-state index >= 15 is 0 Å². The Bertz CT molecular complexity index is 439. The predicted octanol–water partition coefficient (Wildman–Crippen LogP) is 0.254. The van der Waals surface area contributed by atoms with Gasteiger partial charge < -0.3 is 14.2 Å². The predicted molar refractivity (Wildman–Crippen MR) is 60.4 cm³/mol. The normalized spacial score (nSPS) is 15.6. The van der Waals surface area contributed by atoms with E-state index in [-0.39, 0.29) is 37.4 Å². The number of imide groups is 1. The quantitative estimate of drug-likeness (QED) is 0.296. The molecule has 0 aromatic rings. The Hall–Kier alpha value is -2.58. The molecule has 0 aromatic carbocycles. The van der Waals surface area contributed by atoms with Gasteiger partial charge in [0.15, 0.2) is 12.4 Å². The van der Waals surface area contributed by atoms with Gasteiger partial charge in [0.05, 0.1) is 7.11 Å². The molecule has 0 aliphatic carbocycles. The van der Waals surface area contributed by atoms with Gasteiger partial charge in [-0.15, -0.1) is 0 Å². The first-order valence-corrected chi connectivity index (χ1v) is 5.54. The van der Waals surface area contributed by atoms with Crippen LogP contribution in [0.2, 0.25) is 0 Å². The van der Waals surface area contributed by atoms with E-state index in [9.17, 15) is 19.2 Å². The number of rotatable bonds is 6. The molecule has 0 bridgehead atoms. The van der Waals surface area contributed by atoms with Crippen molar-refractivity contribution in [2.75, 3.05) is 13.7 Å². The molecule has 0 saturated carbocycles. The number of hydrogen-bond acceptors (Lipinski definition) is 8. The molecule has 0 spiro atoms. The molecule has 1 heterocycles. The van der Waals surface area contributed by atoms with Crippen molar-refractivity contribution >= 4 is 24.4 Å². The highest BCUT2D eigenvalue weighted by molar-refractivity contribution is 6.01. The van der Waals surface area contributed by atoms with Crippen molar-refractivity contribution in [3.05, 3.63) is 11.5 Å². The molecule has 0 atom stereocenters. The van der Waals surface area contributed by atoms with Crippen LogP contribution in [0.4, 0.5) is 4.79 Å². The third-order valence-corrected chi connectivity index (χ3v) is 2.36. The number of amides is 2. The van der Waals surface area contributed by atoms with Crippen LogP contribution in [0, 0.1) is 0 Å². The number of ether oxygens (including phenoxy) is 3.